The minimum atomic E-state index is -0.779. The average molecular weight is 546 g/mol. The second-order valence-electron chi connectivity index (χ2n) is 9.00. The molecule has 41 heavy (non-hydrogen) atoms. The molecule has 0 aliphatic carbocycles. The van der Waals surface area contributed by atoms with Crippen molar-refractivity contribution >= 4 is 17.6 Å². The fourth-order valence-electron chi connectivity index (χ4n) is 4.32. The molecule has 0 aliphatic rings. The summed E-state index contributed by atoms with van der Waals surface area (Å²) >= 11 is 0. The van der Waals surface area contributed by atoms with Crippen LogP contribution in [-0.4, -0.2) is 28.3 Å². The number of nitrogens with one attached hydrogen (secondary N) is 1. The molecule has 1 aromatic heterocycles. The molecule has 8 nitrogen and oxygen atoms in total. The molecular formula is C33H27N3O5. The first-order chi connectivity index (χ1) is 20.0. The van der Waals surface area contributed by atoms with Crippen LogP contribution in [0.3, 0.4) is 0 Å². The quantitative estimate of drug-likeness (QED) is 0.222. The third kappa shape index (κ3) is 6.39. The summed E-state index contributed by atoms with van der Waals surface area (Å²) in [7, 11) is 0. The average Bonchev–Trinajstić information content (AvgIpc) is 3.00. The first kappa shape index (κ1) is 27.1. The summed E-state index contributed by atoms with van der Waals surface area (Å²) < 4.78 is 12.1. The van der Waals surface area contributed by atoms with Crippen molar-refractivity contribution in [2.45, 2.75) is 13.5 Å². The number of hydrogen-bond acceptors (Lipinski definition) is 6. The monoisotopic (exact) mass is 545 g/mol. The Morgan fingerprint density at radius 1 is 0.756 bits per heavy atom. The van der Waals surface area contributed by atoms with Gasteiger partial charge in [0.2, 0.25) is 5.91 Å². The van der Waals surface area contributed by atoms with E-state index in [0.29, 0.717) is 39.6 Å². The number of carbonyl (C=O) groups excluding carboxylic acids is 2. The largest absolute Gasteiger partial charge is 0.462 e. The second-order valence-corrected chi connectivity index (χ2v) is 9.00. The molecule has 5 rings (SSSR count). The zero-order valence-electron chi connectivity index (χ0n) is 22.3. The van der Waals surface area contributed by atoms with Crippen LogP contribution in [-0.2, 0) is 16.1 Å². The molecule has 1 heterocycles. The zero-order chi connectivity index (χ0) is 28.6. The van der Waals surface area contributed by atoms with E-state index in [0.717, 1.165) is 4.68 Å². The van der Waals surface area contributed by atoms with Crippen molar-refractivity contribution < 1.29 is 19.1 Å². The van der Waals surface area contributed by atoms with Crippen LogP contribution in [0.2, 0.25) is 0 Å². The van der Waals surface area contributed by atoms with E-state index < -0.39 is 24.0 Å². The van der Waals surface area contributed by atoms with Gasteiger partial charge >= 0.3 is 5.97 Å². The predicted molar refractivity (Wildman–Crippen MR) is 157 cm³/mol. The van der Waals surface area contributed by atoms with Crippen LogP contribution >= 0.6 is 0 Å². The van der Waals surface area contributed by atoms with Gasteiger partial charge in [0.05, 0.1) is 12.3 Å². The number of amides is 1. The fourth-order valence-corrected chi connectivity index (χ4v) is 4.32. The third-order valence-corrected chi connectivity index (χ3v) is 6.16. The fraction of sp³-hybridized carbons (Fsp3) is 0.0909. The van der Waals surface area contributed by atoms with Crippen LogP contribution in [0.5, 0.6) is 11.5 Å². The summed E-state index contributed by atoms with van der Waals surface area (Å²) in [6.07, 6.45) is 0. The van der Waals surface area contributed by atoms with Gasteiger partial charge in [0.15, 0.2) is 0 Å². The molecule has 0 atom stereocenters. The van der Waals surface area contributed by atoms with Crippen molar-refractivity contribution in [2.75, 3.05) is 11.9 Å². The molecule has 0 aliphatic heterocycles. The van der Waals surface area contributed by atoms with Crippen molar-refractivity contribution in [1.82, 2.24) is 9.78 Å². The maximum Gasteiger partial charge on any atom is 0.344 e. The van der Waals surface area contributed by atoms with Gasteiger partial charge in [-0.05, 0) is 48.9 Å². The van der Waals surface area contributed by atoms with Crippen LogP contribution in [0, 0.1) is 0 Å². The molecule has 0 spiro atoms. The lowest BCUT2D eigenvalue weighted by molar-refractivity contribution is -0.117. The van der Waals surface area contributed by atoms with Crippen molar-refractivity contribution in [2.24, 2.45) is 0 Å². The Labute approximate surface area is 236 Å². The highest BCUT2D eigenvalue weighted by atomic mass is 16.5. The van der Waals surface area contributed by atoms with E-state index >= 15 is 0 Å². The van der Waals surface area contributed by atoms with E-state index in [2.05, 4.69) is 10.4 Å². The maximum absolute atomic E-state index is 13.7. The molecule has 4 aromatic carbocycles. The molecule has 0 bridgehead atoms. The first-order valence-electron chi connectivity index (χ1n) is 13.1. The van der Waals surface area contributed by atoms with Gasteiger partial charge in [-0.1, -0.05) is 78.9 Å². The van der Waals surface area contributed by atoms with Crippen molar-refractivity contribution in [3.63, 3.8) is 0 Å². The lowest BCUT2D eigenvalue weighted by Gasteiger charge is -2.17. The highest BCUT2D eigenvalue weighted by molar-refractivity contribution is 6.01. The van der Waals surface area contributed by atoms with Crippen LogP contribution < -0.4 is 15.6 Å². The van der Waals surface area contributed by atoms with Crippen LogP contribution in [0.15, 0.2) is 120 Å². The highest BCUT2D eigenvalue weighted by Crippen LogP contribution is 2.32. The Morgan fingerprint density at radius 2 is 1.32 bits per heavy atom. The molecule has 0 fully saturated rings. The van der Waals surface area contributed by atoms with Gasteiger partial charge in [-0.15, -0.1) is 0 Å². The van der Waals surface area contributed by atoms with Gasteiger partial charge in [-0.2, -0.15) is 5.10 Å². The molecular weight excluding hydrogens is 518 g/mol. The number of nitrogens with zero attached hydrogens (tertiary/aromatic N) is 2. The number of para-hydroxylation sites is 1. The Balaban J connectivity index is 1.48. The van der Waals surface area contributed by atoms with Crippen LogP contribution in [0.25, 0.3) is 22.4 Å². The summed E-state index contributed by atoms with van der Waals surface area (Å²) in [5.41, 5.74) is 1.66. The molecule has 8 heteroatoms. The number of benzene rings is 4. The molecule has 0 unspecified atom stereocenters. The molecule has 5 aromatic rings. The third-order valence-electron chi connectivity index (χ3n) is 6.16. The van der Waals surface area contributed by atoms with E-state index in [9.17, 15) is 14.4 Å². The normalized spacial score (nSPS) is 10.6. The molecule has 0 saturated carbocycles. The van der Waals surface area contributed by atoms with Gasteiger partial charge in [0, 0.05) is 16.8 Å². The SMILES string of the molecule is CCOC(=O)c1c(-c2ccccc2)c(-c2ccccc2)nn(CC(=O)Nc2ccc(Oc3ccccc3)cc2)c1=O. The lowest BCUT2D eigenvalue weighted by Crippen LogP contribution is -2.34. The molecule has 204 valence electrons. The Bertz CT molecular complexity index is 1700. The predicted octanol–water partition coefficient (Wildman–Crippen LogP) is 6.19. The number of aromatic nitrogens is 2. The van der Waals surface area contributed by atoms with E-state index in [4.69, 9.17) is 9.47 Å². The smallest absolute Gasteiger partial charge is 0.344 e. The van der Waals surface area contributed by atoms with E-state index in [1.165, 1.54) is 0 Å². The summed E-state index contributed by atoms with van der Waals surface area (Å²) in [5, 5.41) is 7.36. The van der Waals surface area contributed by atoms with Crippen LogP contribution in [0.4, 0.5) is 5.69 Å². The minimum Gasteiger partial charge on any atom is -0.462 e. The summed E-state index contributed by atoms with van der Waals surface area (Å²) in [6, 6.07) is 34.5. The summed E-state index contributed by atoms with van der Waals surface area (Å²) in [6.45, 7) is 1.34. The number of carbonyl (C=O) groups is 2. The number of ether oxygens (including phenoxy) is 2. The molecule has 0 saturated heterocycles. The zero-order valence-corrected chi connectivity index (χ0v) is 22.3. The highest BCUT2D eigenvalue weighted by Gasteiger charge is 2.26. The van der Waals surface area contributed by atoms with E-state index in [1.54, 1.807) is 43.3 Å². The molecule has 0 radical (unpaired) electrons. The van der Waals surface area contributed by atoms with Crippen molar-refractivity contribution in [1.29, 1.82) is 0 Å². The number of esters is 1. The summed E-state index contributed by atoms with van der Waals surface area (Å²) in [5.74, 6) is 0.0344. The summed E-state index contributed by atoms with van der Waals surface area (Å²) in [4.78, 5) is 39.9. The van der Waals surface area contributed by atoms with E-state index in [-0.39, 0.29) is 12.2 Å². The maximum atomic E-state index is 13.7. The minimum absolute atomic E-state index is 0.0833. The molecule has 1 amide bonds. The van der Waals surface area contributed by atoms with Gasteiger partial charge in [0.1, 0.15) is 23.6 Å². The Morgan fingerprint density at radius 3 is 1.93 bits per heavy atom. The standard InChI is InChI=1S/C33H27N3O5/c1-2-40-33(39)30-29(23-12-6-3-7-13-23)31(24-14-8-4-9-15-24)35-36(32(30)38)22-28(37)34-25-18-20-27(21-19-25)41-26-16-10-5-11-17-26/h3-21H,2,22H2,1H3,(H,34,37). The Kier molecular flexibility index (Phi) is 8.30. The lowest BCUT2D eigenvalue weighted by atomic mass is 9.95. The van der Waals surface area contributed by atoms with Gasteiger partial charge in [-0.3, -0.25) is 9.59 Å². The topological polar surface area (TPSA) is 99.5 Å². The van der Waals surface area contributed by atoms with Gasteiger partial charge in [-0.25, -0.2) is 9.48 Å². The van der Waals surface area contributed by atoms with E-state index in [1.807, 2.05) is 78.9 Å². The number of anilines is 1. The van der Waals surface area contributed by atoms with Crippen molar-refractivity contribution in [3.05, 3.63) is 131 Å². The number of hydrogen-bond donors (Lipinski definition) is 1. The van der Waals surface area contributed by atoms with Gasteiger partial charge in [0.25, 0.3) is 5.56 Å². The number of rotatable bonds is 9. The second kappa shape index (κ2) is 12.6. The van der Waals surface area contributed by atoms with Crippen molar-refractivity contribution in [3.8, 4) is 33.9 Å². The first-order valence-corrected chi connectivity index (χ1v) is 13.1. The van der Waals surface area contributed by atoms with Gasteiger partial charge < -0.3 is 14.8 Å². The Hall–Kier alpha value is -5.50. The van der Waals surface area contributed by atoms with Crippen LogP contribution in [0.1, 0.15) is 17.3 Å². The molecule has 1 N–H and O–H groups in total.